The van der Waals surface area contributed by atoms with Crippen molar-refractivity contribution in [2.24, 2.45) is 5.14 Å². The highest BCUT2D eigenvalue weighted by molar-refractivity contribution is 7.89. The van der Waals surface area contributed by atoms with Gasteiger partial charge in [0.05, 0.1) is 0 Å². The molecule has 0 aromatic carbocycles. The fraction of sp³-hybridized carbons (Fsp3) is 0.588. The van der Waals surface area contributed by atoms with Gasteiger partial charge in [-0.3, -0.25) is 9.59 Å². The van der Waals surface area contributed by atoms with Crippen molar-refractivity contribution in [1.82, 2.24) is 9.88 Å². The molecule has 2 fully saturated rings. The molecule has 0 radical (unpaired) electrons. The number of nitrogens with one attached hydrogen (secondary N) is 1. The molecule has 3 rings (SSSR count). The smallest absolute Gasteiger partial charge is 0.255 e. The van der Waals surface area contributed by atoms with E-state index in [2.05, 4.69) is 10.3 Å². The zero-order chi connectivity index (χ0) is 20.5. The number of likely N-dealkylation sites (tertiary alicyclic amines) is 1. The SMILES string of the molecule is NS(=O)(=O)c1cc(NC(=O)[C@@H]2CCCC(=O)N2C2CCC(F)(F)CC2)ccn1. The minimum Gasteiger partial charge on any atom is -0.328 e. The number of nitrogens with zero attached hydrogens (tertiary/aromatic N) is 2. The summed E-state index contributed by atoms with van der Waals surface area (Å²) in [4.78, 5) is 30.3. The van der Waals surface area contributed by atoms with Crippen molar-refractivity contribution in [3.63, 3.8) is 0 Å². The highest BCUT2D eigenvalue weighted by Gasteiger charge is 2.43. The predicted octanol–water partition coefficient (Wildman–Crippen LogP) is 1.63. The molecule has 8 nitrogen and oxygen atoms in total. The number of aromatic nitrogens is 1. The summed E-state index contributed by atoms with van der Waals surface area (Å²) < 4.78 is 49.8. The fourth-order valence-corrected chi connectivity index (χ4v) is 4.27. The van der Waals surface area contributed by atoms with Crippen molar-refractivity contribution in [2.45, 2.75) is 68.0 Å². The monoisotopic (exact) mass is 416 g/mol. The van der Waals surface area contributed by atoms with Crippen LogP contribution in [0, 0.1) is 0 Å². The Labute approximate surface area is 161 Å². The minimum atomic E-state index is -4.03. The first-order valence-corrected chi connectivity index (χ1v) is 10.6. The number of anilines is 1. The molecule has 3 N–H and O–H groups in total. The lowest BCUT2D eigenvalue weighted by atomic mass is 9.88. The first-order chi connectivity index (χ1) is 13.1. The molecule has 1 aliphatic carbocycles. The molecule has 0 unspecified atom stereocenters. The highest BCUT2D eigenvalue weighted by Crippen LogP contribution is 2.37. The number of alkyl halides is 2. The summed E-state index contributed by atoms with van der Waals surface area (Å²) in [6.07, 6.45) is 2.09. The first kappa shape index (κ1) is 20.6. The van der Waals surface area contributed by atoms with Gasteiger partial charge in [-0.05, 0) is 31.7 Å². The number of pyridine rings is 1. The van der Waals surface area contributed by atoms with Crippen molar-refractivity contribution in [3.05, 3.63) is 18.3 Å². The molecule has 1 aliphatic heterocycles. The molecular weight excluding hydrogens is 394 g/mol. The van der Waals surface area contributed by atoms with E-state index in [1.807, 2.05) is 0 Å². The van der Waals surface area contributed by atoms with Crippen LogP contribution in [0.1, 0.15) is 44.9 Å². The number of piperidine rings is 1. The second-order valence-electron chi connectivity index (χ2n) is 7.21. The summed E-state index contributed by atoms with van der Waals surface area (Å²) in [6.45, 7) is 0. The lowest BCUT2D eigenvalue weighted by molar-refractivity contribution is -0.148. The van der Waals surface area contributed by atoms with Gasteiger partial charge in [0.1, 0.15) is 6.04 Å². The molecule has 28 heavy (non-hydrogen) atoms. The van der Waals surface area contributed by atoms with Gasteiger partial charge in [-0.15, -0.1) is 0 Å². The van der Waals surface area contributed by atoms with Crippen molar-refractivity contribution < 1.29 is 26.8 Å². The molecule has 1 aromatic heterocycles. The van der Waals surface area contributed by atoms with Crippen LogP contribution in [-0.2, 0) is 19.6 Å². The molecule has 1 atom stereocenters. The van der Waals surface area contributed by atoms with Gasteiger partial charge in [0, 0.05) is 43.3 Å². The lowest BCUT2D eigenvalue weighted by Gasteiger charge is -2.43. The highest BCUT2D eigenvalue weighted by atomic mass is 32.2. The van der Waals surface area contributed by atoms with Gasteiger partial charge in [-0.25, -0.2) is 27.3 Å². The molecule has 0 spiro atoms. The number of carbonyl (C=O) groups is 2. The van der Waals surface area contributed by atoms with Gasteiger partial charge >= 0.3 is 0 Å². The quantitative estimate of drug-likeness (QED) is 0.772. The van der Waals surface area contributed by atoms with Crippen LogP contribution >= 0.6 is 0 Å². The van der Waals surface area contributed by atoms with Crippen molar-refractivity contribution >= 4 is 27.5 Å². The van der Waals surface area contributed by atoms with Gasteiger partial charge in [0.25, 0.3) is 10.0 Å². The number of hydrogen-bond acceptors (Lipinski definition) is 5. The normalized spacial score (nSPS) is 23.5. The van der Waals surface area contributed by atoms with E-state index in [0.29, 0.717) is 12.8 Å². The lowest BCUT2D eigenvalue weighted by Crippen LogP contribution is -2.55. The van der Waals surface area contributed by atoms with Crippen LogP contribution in [0.25, 0.3) is 0 Å². The Morgan fingerprint density at radius 2 is 1.96 bits per heavy atom. The second-order valence-corrected chi connectivity index (χ2v) is 8.72. The molecule has 154 valence electrons. The minimum absolute atomic E-state index is 0.146. The Morgan fingerprint density at radius 1 is 1.29 bits per heavy atom. The van der Waals surface area contributed by atoms with E-state index in [1.165, 1.54) is 17.2 Å². The molecule has 1 saturated heterocycles. The second kappa shape index (κ2) is 7.70. The average Bonchev–Trinajstić information content (AvgIpc) is 2.61. The summed E-state index contributed by atoms with van der Waals surface area (Å²) in [5.74, 6) is -3.44. The zero-order valence-electron chi connectivity index (χ0n) is 15.1. The van der Waals surface area contributed by atoms with E-state index in [9.17, 15) is 26.8 Å². The summed E-state index contributed by atoms with van der Waals surface area (Å²) >= 11 is 0. The summed E-state index contributed by atoms with van der Waals surface area (Å²) in [5.41, 5.74) is 0.178. The molecule has 1 saturated carbocycles. The number of carbonyl (C=O) groups excluding carboxylic acids is 2. The van der Waals surface area contributed by atoms with E-state index >= 15 is 0 Å². The van der Waals surface area contributed by atoms with Crippen LogP contribution in [0.3, 0.4) is 0 Å². The Morgan fingerprint density at radius 3 is 2.61 bits per heavy atom. The molecular formula is C17H22F2N4O4S. The Bertz CT molecular complexity index is 868. The maximum absolute atomic E-state index is 13.5. The van der Waals surface area contributed by atoms with E-state index < -0.39 is 39.0 Å². The molecule has 2 amide bonds. The fourth-order valence-electron chi connectivity index (χ4n) is 3.78. The third-order valence-electron chi connectivity index (χ3n) is 5.17. The third-order valence-corrected chi connectivity index (χ3v) is 5.97. The number of sulfonamides is 1. The van der Waals surface area contributed by atoms with E-state index in [4.69, 9.17) is 5.14 Å². The van der Waals surface area contributed by atoms with Gasteiger partial charge in [0.15, 0.2) is 5.03 Å². The zero-order valence-corrected chi connectivity index (χ0v) is 15.9. The van der Waals surface area contributed by atoms with Crippen molar-refractivity contribution in [3.8, 4) is 0 Å². The van der Waals surface area contributed by atoms with Crippen LogP contribution in [-0.4, -0.2) is 48.1 Å². The van der Waals surface area contributed by atoms with Crippen LogP contribution in [0.2, 0.25) is 0 Å². The van der Waals surface area contributed by atoms with Crippen LogP contribution < -0.4 is 10.5 Å². The maximum Gasteiger partial charge on any atom is 0.255 e. The third kappa shape index (κ3) is 4.64. The molecule has 2 heterocycles. The largest absolute Gasteiger partial charge is 0.328 e. The van der Waals surface area contributed by atoms with Crippen LogP contribution in [0.5, 0.6) is 0 Å². The molecule has 1 aromatic rings. The molecule has 2 aliphatic rings. The van der Waals surface area contributed by atoms with E-state index in [-0.39, 0.29) is 43.7 Å². The van der Waals surface area contributed by atoms with Gasteiger partial charge < -0.3 is 10.2 Å². The predicted molar refractivity (Wildman–Crippen MR) is 95.9 cm³/mol. The van der Waals surface area contributed by atoms with Crippen LogP contribution in [0.15, 0.2) is 23.4 Å². The Hall–Kier alpha value is -2.14. The van der Waals surface area contributed by atoms with Gasteiger partial charge in [-0.2, -0.15) is 0 Å². The van der Waals surface area contributed by atoms with Gasteiger partial charge in [0.2, 0.25) is 17.7 Å². The van der Waals surface area contributed by atoms with Crippen molar-refractivity contribution in [1.29, 1.82) is 0 Å². The number of primary sulfonamides is 1. The number of halogens is 2. The summed E-state index contributed by atoms with van der Waals surface area (Å²) in [7, 11) is -4.03. The van der Waals surface area contributed by atoms with E-state index in [1.54, 1.807) is 0 Å². The Balaban J connectivity index is 1.76. The topological polar surface area (TPSA) is 122 Å². The number of rotatable bonds is 4. The van der Waals surface area contributed by atoms with Gasteiger partial charge in [-0.1, -0.05) is 0 Å². The Kier molecular flexibility index (Phi) is 5.67. The molecule has 11 heteroatoms. The standard InChI is InChI=1S/C17H22F2N4O4S/c18-17(19)7-4-12(5-8-17)23-13(2-1-3-15(23)24)16(25)22-11-6-9-21-14(10-11)28(20,26)27/h6,9-10,12-13H,1-5,7-8H2,(H2,20,26,27)(H,21,22,25)/t13-/m0/s1. The maximum atomic E-state index is 13.5. The van der Waals surface area contributed by atoms with Crippen LogP contribution in [0.4, 0.5) is 14.5 Å². The number of hydrogen-bond donors (Lipinski definition) is 2. The number of amides is 2. The summed E-state index contributed by atoms with van der Waals surface area (Å²) in [5, 5.41) is 7.24. The summed E-state index contributed by atoms with van der Waals surface area (Å²) in [6, 6.07) is 1.34. The molecule has 0 bridgehead atoms. The average molecular weight is 416 g/mol. The van der Waals surface area contributed by atoms with E-state index in [0.717, 1.165) is 6.07 Å². The number of nitrogens with two attached hydrogens (primary N) is 1. The first-order valence-electron chi connectivity index (χ1n) is 9.05. The van der Waals surface area contributed by atoms with Crippen molar-refractivity contribution in [2.75, 3.05) is 5.32 Å².